The minimum atomic E-state index is -3.79. The molecule has 1 aromatic rings. The van der Waals surface area contributed by atoms with Crippen molar-refractivity contribution in [3.05, 3.63) is 24.3 Å². The van der Waals surface area contributed by atoms with Gasteiger partial charge in [-0.15, -0.1) is 0 Å². The number of carbonyl (C=O) groups excluding carboxylic acids is 1. The second-order valence-corrected chi connectivity index (χ2v) is 7.50. The summed E-state index contributed by atoms with van der Waals surface area (Å²) >= 11 is 0. The summed E-state index contributed by atoms with van der Waals surface area (Å²) in [7, 11) is -2.29. The SMILES string of the molecule is COc1ccc(S(=O)(=O)N2[C@@H]3CCC(C3)[C@@H]2C(=O)NO)cc1. The third kappa shape index (κ3) is 2.27. The Labute approximate surface area is 128 Å². The lowest BCUT2D eigenvalue weighted by Crippen LogP contribution is -2.52. The van der Waals surface area contributed by atoms with Gasteiger partial charge in [-0.3, -0.25) is 10.0 Å². The molecule has 8 heteroatoms. The molecule has 0 radical (unpaired) electrons. The monoisotopic (exact) mass is 326 g/mol. The zero-order valence-corrected chi connectivity index (χ0v) is 12.9. The summed E-state index contributed by atoms with van der Waals surface area (Å²) < 4.78 is 32.0. The van der Waals surface area contributed by atoms with E-state index >= 15 is 0 Å². The lowest BCUT2D eigenvalue weighted by Gasteiger charge is -2.32. The number of hydroxylamine groups is 1. The minimum absolute atomic E-state index is 0.0369. The second kappa shape index (κ2) is 5.53. The van der Waals surface area contributed by atoms with E-state index in [1.54, 1.807) is 17.6 Å². The molecule has 0 aromatic heterocycles. The van der Waals surface area contributed by atoms with Gasteiger partial charge < -0.3 is 4.74 Å². The maximum Gasteiger partial charge on any atom is 0.262 e. The maximum atomic E-state index is 12.9. The van der Waals surface area contributed by atoms with Crippen molar-refractivity contribution in [2.45, 2.75) is 36.2 Å². The van der Waals surface area contributed by atoms with Crippen LogP contribution in [0, 0.1) is 5.92 Å². The van der Waals surface area contributed by atoms with Gasteiger partial charge in [-0.2, -0.15) is 4.31 Å². The van der Waals surface area contributed by atoms with Crippen LogP contribution in [0.3, 0.4) is 0 Å². The van der Waals surface area contributed by atoms with Crippen LogP contribution in [-0.2, 0) is 14.8 Å². The molecule has 2 aliphatic rings. The summed E-state index contributed by atoms with van der Waals surface area (Å²) in [6.45, 7) is 0. The molecule has 1 heterocycles. The van der Waals surface area contributed by atoms with E-state index in [4.69, 9.17) is 9.94 Å². The molecular weight excluding hydrogens is 308 g/mol. The molecule has 1 unspecified atom stereocenters. The van der Waals surface area contributed by atoms with Crippen molar-refractivity contribution in [3.63, 3.8) is 0 Å². The Bertz CT molecular complexity index is 673. The summed E-state index contributed by atoms with van der Waals surface area (Å²) in [5, 5.41) is 8.91. The number of nitrogens with one attached hydrogen (secondary N) is 1. The van der Waals surface area contributed by atoms with Crippen LogP contribution in [0.15, 0.2) is 29.2 Å². The lowest BCUT2D eigenvalue weighted by atomic mass is 10.00. The number of sulfonamides is 1. The molecule has 22 heavy (non-hydrogen) atoms. The Balaban J connectivity index is 1.97. The molecular formula is C14H18N2O5S. The molecule has 1 saturated heterocycles. The molecule has 1 aromatic carbocycles. The standard InChI is InChI=1S/C14H18N2O5S/c1-21-11-4-6-12(7-5-11)22(19,20)16-10-3-2-9(8-10)13(16)14(17)15-18/h4-7,9-10,13,18H,2-3,8H2,1H3,(H,15,17)/t9?,10-,13-/m1/s1. The second-order valence-electron chi connectivity index (χ2n) is 5.66. The molecule has 3 atom stereocenters. The van der Waals surface area contributed by atoms with Crippen LogP contribution >= 0.6 is 0 Å². The summed E-state index contributed by atoms with van der Waals surface area (Å²) in [6, 6.07) is 5.06. The van der Waals surface area contributed by atoms with Gasteiger partial charge >= 0.3 is 0 Å². The number of rotatable bonds is 4. The van der Waals surface area contributed by atoms with E-state index in [-0.39, 0.29) is 16.9 Å². The number of amides is 1. The van der Waals surface area contributed by atoms with Crippen molar-refractivity contribution in [1.29, 1.82) is 0 Å². The Kier molecular flexibility index (Phi) is 3.84. The van der Waals surface area contributed by atoms with Gasteiger partial charge in [0.05, 0.1) is 12.0 Å². The van der Waals surface area contributed by atoms with Crippen LogP contribution in [0.2, 0.25) is 0 Å². The van der Waals surface area contributed by atoms with E-state index in [9.17, 15) is 13.2 Å². The van der Waals surface area contributed by atoms with Gasteiger partial charge in [-0.25, -0.2) is 13.9 Å². The van der Waals surface area contributed by atoms with Crippen molar-refractivity contribution < 1.29 is 23.2 Å². The zero-order valence-electron chi connectivity index (χ0n) is 12.1. The summed E-state index contributed by atoms with van der Waals surface area (Å²) in [4.78, 5) is 12.0. The Morgan fingerprint density at radius 3 is 2.59 bits per heavy atom. The Hall–Kier alpha value is -1.64. The lowest BCUT2D eigenvalue weighted by molar-refractivity contribution is -0.134. The van der Waals surface area contributed by atoms with Gasteiger partial charge in [0.1, 0.15) is 11.8 Å². The highest BCUT2D eigenvalue weighted by Crippen LogP contribution is 2.45. The predicted molar refractivity (Wildman–Crippen MR) is 76.9 cm³/mol. The van der Waals surface area contributed by atoms with Gasteiger partial charge in [0.25, 0.3) is 5.91 Å². The number of carbonyl (C=O) groups is 1. The van der Waals surface area contributed by atoms with Crippen LogP contribution in [0.5, 0.6) is 5.75 Å². The first-order valence-corrected chi connectivity index (χ1v) is 8.54. The highest BCUT2D eigenvalue weighted by Gasteiger charge is 2.54. The first-order chi connectivity index (χ1) is 10.5. The van der Waals surface area contributed by atoms with Gasteiger partial charge in [0.2, 0.25) is 10.0 Å². The minimum Gasteiger partial charge on any atom is -0.497 e. The molecule has 3 rings (SSSR count). The molecule has 2 fully saturated rings. The first-order valence-electron chi connectivity index (χ1n) is 7.10. The van der Waals surface area contributed by atoms with E-state index in [1.807, 2.05) is 0 Å². The van der Waals surface area contributed by atoms with E-state index in [0.717, 1.165) is 12.8 Å². The van der Waals surface area contributed by atoms with Crippen molar-refractivity contribution in [3.8, 4) is 5.75 Å². The van der Waals surface area contributed by atoms with Crippen LogP contribution < -0.4 is 10.2 Å². The van der Waals surface area contributed by atoms with Gasteiger partial charge in [0, 0.05) is 6.04 Å². The molecule has 2 N–H and O–H groups in total. The topological polar surface area (TPSA) is 95.9 Å². The van der Waals surface area contributed by atoms with E-state index in [2.05, 4.69) is 0 Å². The fourth-order valence-electron chi connectivity index (χ4n) is 3.56. The number of methoxy groups -OCH3 is 1. The van der Waals surface area contributed by atoms with Crippen LogP contribution in [0.25, 0.3) is 0 Å². The fraction of sp³-hybridized carbons (Fsp3) is 0.500. The summed E-state index contributed by atoms with van der Waals surface area (Å²) in [5.41, 5.74) is 1.60. The molecule has 1 saturated carbocycles. The van der Waals surface area contributed by atoms with E-state index < -0.39 is 22.0 Å². The molecule has 0 spiro atoms. The molecule has 1 amide bonds. The number of benzene rings is 1. The van der Waals surface area contributed by atoms with Gasteiger partial charge in [-0.05, 0) is 49.4 Å². The number of nitrogens with zero attached hydrogens (tertiary/aromatic N) is 1. The van der Waals surface area contributed by atoms with E-state index in [0.29, 0.717) is 12.2 Å². The quantitative estimate of drug-likeness (QED) is 0.628. The number of hydrogen-bond acceptors (Lipinski definition) is 5. The fourth-order valence-corrected chi connectivity index (χ4v) is 5.43. The van der Waals surface area contributed by atoms with Crippen LogP contribution in [0.1, 0.15) is 19.3 Å². The van der Waals surface area contributed by atoms with Gasteiger partial charge in [-0.1, -0.05) is 0 Å². The van der Waals surface area contributed by atoms with Crippen molar-refractivity contribution in [2.24, 2.45) is 5.92 Å². The number of hydrogen-bond donors (Lipinski definition) is 2. The van der Waals surface area contributed by atoms with Gasteiger partial charge in [0.15, 0.2) is 0 Å². The third-order valence-corrected chi connectivity index (χ3v) is 6.49. The molecule has 7 nitrogen and oxygen atoms in total. The highest BCUT2D eigenvalue weighted by atomic mass is 32.2. The van der Waals surface area contributed by atoms with Crippen molar-refractivity contribution in [1.82, 2.24) is 9.79 Å². The highest BCUT2D eigenvalue weighted by molar-refractivity contribution is 7.89. The number of fused-ring (bicyclic) bond motifs is 2. The predicted octanol–water partition coefficient (Wildman–Crippen LogP) is 0.742. The maximum absolute atomic E-state index is 12.9. The average Bonchev–Trinajstić information content (AvgIpc) is 3.15. The molecule has 1 aliphatic heterocycles. The smallest absolute Gasteiger partial charge is 0.262 e. The Morgan fingerprint density at radius 1 is 1.32 bits per heavy atom. The van der Waals surface area contributed by atoms with E-state index in [1.165, 1.54) is 23.5 Å². The van der Waals surface area contributed by atoms with Crippen LogP contribution in [-0.4, -0.2) is 43.0 Å². The number of ether oxygens (including phenoxy) is 1. The first kappa shape index (κ1) is 15.3. The summed E-state index contributed by atoms with van der Waals surface area (Å²) in [6.07, 6.45) is 2.21. The van der Waals surface area contributed by atoms with Crippen molar-refractivity contribution in [2.75, 3.05) is 7.11 Å². The Morgan fingerprint density at radius 2 is 2.00 bits per heavy atom. The zero-order chi connectivity index (χ0) is 15.9. The third-order valence-electron chi connectivity index (χ3n) is 4.54. The average molecular weight is 326 g/mol. The molecule has 2 bridgehead atoms. The normalized spacial score (nSPS) is 27.8. The molecule has 1 aliphatic carbocycles. The summed E-state index contributed by atoms with van der Waals surface area (Å²) in [5.74, 6) is -0.138. The number of piperidine rings is 1. The molecule has 120 valence electrons. The largest absolute Gasteiger partial charge is 0.497 e. The van der Waals surface area contributed by atoms with Crippen molar-refractivity contribution >= 4 is 15.9 Å². The van der Waals surface area contributed by atoms with Crippen LogP contribution in [0.4, 0.5) is 0 Å².